The van der Waals surface area contributed by atoms with Crippen molar-refractivity contribution in [3.63, 3.8) is 0 Å². The van der Waals surface area contributed by atoms with E-state index in [4.69, 9.17) is 13.9 Å². The maximum atomic E-state index is 12.8. The average Bonchev–Trinajstić information content (AvgIpc) is 3.37. The largest absolute Gasteiger partial charge is 0.493 e. The molecule has 9 heteroatoms. The third kappa shape index (κ3) is 4.36. The zero-order valence-corrected chi connectivity index (χ0v) is 20.1. The van der Waals surface area contributed by atoms with Gasteiger partial charge in [0.25, 0.3) is 5.91 Å². The Balaban J connectivity index is 1.57. The van der Waals surface area contributed by atoms with Crippen LogP contribution < -0.4 is 14.8 Å². The van der Waals surface area contributed by atoms with E-state index >= 15 is 0 Å². The Morgan fingerprint density at radius 2 is 1.88 bits per heavy atom. The molecule has 1 N–H and O–H groups in total. The average molecular weight is 462 g/mol. The first-order valence-electron chi connectivity index (χ1n) is 10.8. The van der Waals surface area contributed by atoms with Crippen molar-refractivity contribution in [3.8, 4) is 23.0 Å². The molecule has 0 aliphatic rings. The van der Waals surface area contributed by atoms with Crippen molar-refractivity contribution in [3.05, 3.63) is 70.4 Å². The summed E-state index contributed by atoms with van der Waals surface area (Å²) < 4.78 is 18.4. The topological polar surface area (TPSA) is 104 Å². The van der Waals surface area contributed by atoms with E-state index in [1.165, 1.54) is 0 Å². The number of para-hydroxylation sites is 1. The fourth-order valence-electron chi connectivity index (χ4n) is 3.74. The molecule has 0 saturated carbocycles. The molecule has 1 amide bonds. The molecule has 2 aromatic carbocycles. The van der Waals surface area contributed by atoms with Gasteiger partial charge in [-0.1, -0.05) is 29.0 Å². The number of amides is 1. The lowest BCUT2D eigenvalue weighted by molar-refractivity contribution is 0.102. The Morgan fingerprint density at radius 1 is 1.09 bits per heavy atom. The van der Waals surface area contributed by atoms with E-state index in [-0.39, 0.29) is 11.6 Å². The van der Waals surface area contributed by atoms with Crippen LogP contribution in [0.4, 0.5) is 5.69 Å². The number of aryl methyl sites for hydroxylation is 3. The number of carbonyl (C=O) groups is 1. The van der Waals surface area contributed by atoms with Gasteiger partial charge in [0, 0.05) is 5.69 Å². The minimum absolute atomic E-state index is 0.260. The van der Waals surface area contributed by atoms with Crippen LogP contribution in [0.15, 0.2) is 40.8 Å². The van der Waals surface area contributed by atoms with Crippen LogP contribution in [0.5, 0.6) is 11.5 Å². The van der Waals surface area contributed by atoms with E-state index in [1.807, 2.05) is 57.2 Å². The zero-order chi connectivity index (χ0) is 24.4. The fourth-order valence-corrected chi connectivity index (χ4v) is 3.74. The van der Waals surface area contributed by atoms with Gasteiger partial charge in [-0.3, -0.25) is 4.79 Å². The number of carbonyl (C=O) groups excluding carboxylic acids is 1. The Labute approximate surface area is 197 Å². The molecule has 176 valence electrons. The highest BCUT2D eigenvalue weighted by Crippen LogP contribution is 2.38. The number of benzene rings is 2. The Bertz CT molecular complexity index is 1360. The van der Waals surface area contributed by atoms with Crippen LogP contribution in [-0.4, -0.2) is 40.1 Å². The first kappa shape index (κ1) is 23.0. The molecule has 2 aromatic heterocycles. The standard InChI is InChI=1S/C25H27N5O4/c1-14-10-11-19(15(2)12-14)26-24(31)22-16(3)30(29-28-22)13-20-17(4)34-25(27-20)18-8-7-9-21(32-5)23(18)33-6/h7-12H,13H2,1-6H3,(H,26,31). The van der Waals surface area contributed by atoms with Crippen molar-refractivity contribution < 1.29 is 18.7 Å². The van der Waals surface area contributed by atoms with Gasteiger partial charge in [0.2, 0.25) is 5.89 Å². The van der Waals surface area contributed by atoms with Crippen LogP contribution in [0.2, 0.25) is 0 Å². The zero-order valence-electron chi connectivity index (χ0n) is 20.1. The quantitative estimate of drug-likeness (QED) is 0.432. The SMILES string of the molecule is COc1cccc(-c2nc(Cn3nnc(C(=O)Nc4ccc(C)cc4C)c3C)c(C)o2)c1OC. The van der Waals surface area contributed by atoms with Crippen LogP contribution >= 0.6 is 0 Å². The highest BCUT2D eigenvalue weighted by Gasteiger charge is 2.21. The summed E-state index contributed by atoms with van der Waals surface area (Å²) in [4.78, 5) is 17.5. The van der Waals surface area contributed by atoms with Crippen molar-refractivity contribution in [2.45, 2.75) is 34.2 Å². The molecule has 2 heterocycles. The second-order valence-electron chi connectivity index (χ2n) is 8.02. The van der Waals surface area contributed by atoms with Crippen LogP contribution in [0.25, 0.3) is 11.5 Å². The summed E-state index contributed by atoms with van der Waals surface area (Å²) in [6.45, 7) is 7.90. The predicted molar refractivity (Wildman–Crippen MR) is 128 cm³/mol. The summed E-state index contributed by atoms with van der Waals surface area (Å²) in [6.07, 6.45) is 0. The lowest BCUT2D eigenvalue weighted by Gasteiger charge is -2.10. The minimum Gasteiger partial charge on any atom is -0.493 e. The molecule has 9 nitrogen and oxygen atoms in total. The van der Waals surface area contributed by atoms with Gasteiger partial charge >= 0.3 is 0 Å². The molecule has 0 spiro atoms. The molecule has 0 atom stereocenters. The summed E-state index contributed by atoms with van der Waals surface area (Å²) in [6, 6.07) is 11.4. The monoisotopic (exact) mass is 461 g/mol. The molecule has 4 rings (SSSR count). The molecule has 0 aliphatic heterocycles. The Morgan fingerprint density at radius 3 is 2.59 bits per heavy atom. The Kier molecular flexibility index (Phi) is 6.36. The highest BCUT2D eigenvalue weighted by atomic mass is 16.5. The number of methoxy groups -OCH3 is 2. The summed E-state index contributed by atoms with van der Waals surface area (Å²) in [5.41, 5.74) is 5.10. The number of aromatic nitrogens is 4. The first-order chi connectivity index (χ1) is 16.3. The van der Waals surface area contributed by atoms with Gasteiger partial charge in [-0.05, 0) is 51.5 Å². The molecular formula is C25H27N5O4. The summed E-state index contributed by atoms with van der Waals surface area (Å²) in [5, 5.41) is 11.2. The third-order valence-corrected chi connectivity index (χ3v) is 5.65. The number of hydrogen-bond donors (Lipinski definition) is 1. The van der Waals surface area contributed by atoms with Crippen molar-refractivity contribution in [1.82, 2.24) is 20.0 Å². The number of hydrogen-bond acceptors (Lipinski definition) is 7. The van der Waals surface area contributed by atoms with E-state index in [0.29, 0.717) is 46.6 Å². The molecule has 0 radical (unpaired) electrons. The van der Waals surface area contributed by atoms with Gasteiger partial charge in [0.15, 0.2) is 17.2 Å². The Hall–Kier alpha value is -4.14. The minimum atomic E-state index is -0.311. The van der Waals surface area contributed by atoms with Crippen LogP contribution in [0.3, 0.4) is 0 Å². The van der Waals surface area contributed by atoms with Crippen molar-refractivity contribution in [1.29, 1.82) is 0 Å². The van der Waals surface area contributed by atoms with Crippen molar-refractivity contribution in [2.24, 2.45) is 0 Å². The molecule has 0 aliphatic carbocycles. The molecule has 0 bridgehead atoms. The molecule has 0 saturated heterocycles. The van der Waals surface area contributed by atoms with Gasteiger partial charge in [0.1, 0.15) is 11.5 Å². The van der Waals surface area contributed by atoms with Crippen molar-refractivity contribution in [2.75, 3.05) is 19.5 Å². The number of rotatable bonds is 7. The number of nitrogens with one attached hydrogen (secondary N) is 1. The lowest BCUT2D eigenvalue weighted by Crippen LogP contribution is -2.15. The lowest BCUT2D eigenvalue weighted by atomic mass is 10.1. The number of anilines is 1. The molecule has 0 unspecified atom stereocenters. The number of nitrogens with zero attached hydrogens (tertiary/aromatic N) is 4. The molecule has 34 heavy (non-hydrogen) atoms. The van der Waals surface area contributed by atoms with Gasteiger partial charge in [0.05, 0.1) is 32.0 Å². The van der Waals surface area contributed by atoms with Gasteiger partial charge in [-0.25, -0.2) is 9.67 Å². The smallest absolute Gasteiger partial charge is 0.278 e. The fraction of sp³-hybridized carbons (Fsp3) is 0.280. The second kappa shape index (κ2) is 9.38. The maximum absolute atomic E-state index is 12.8. The van der Waals surface area contributed by atoms with Crippen molar-refractivity contribution >= 4 is 11.6 Å². The normalized spacial score (nSPS) is 10.9. The first-order valence-corrected chi connectivity index (χ1v) is 10.8. The predicted octanol–water partition coefficient (Wildman–Crippen LogP) is 4.48. The van der Waals surface area contributed by atoms with E-state index < -0.39 is 0 Å². The van der Waals surface area contributed by atoms with Crippen LogP contribution in [0, 0.1) is 27.7 Å². The summed E-state index contributed by atoms with van der Waals surface area (Å²) >= 11 is 0. The second-order valence-corrected chi connectivity index (χ2v) is 8.02. The van der Waals surface area contributed by atoms with E-state index in [9.17, 15) is 4.79 Å². The third-order valence-electron chi connectivity index (χ3n) is 5.65. The van der Waals surface area contributed by atoms with Crippen LogP contribution in [0.1, 0.15) is 38.8 Å². The summed E-state index contributed by atoms with van der Waals surface area (Å²) in [7, 11) is 3.15. The van der Waals surface area contributed by atoms with Gasteiger partial charge in [-0.2, -0.15) is 0 Å². The van der Waals surface area contributed by atoms with Crippen LogP contribution in [-0.2, 0) is 6.54 Å². The molecule has 4 aromatic rings. The van der Waals surface area contributed by atoms with E-state index in [2.05, 4.69) is 20.6 Å². The number of ether oxygens (including phenoxy) is 2. The van der Waals surface area contributed by atoms with E-state index in [1.54, 1.807) is 25.8 Å². The van der Waals surface area contributed by atoms with Gasteiger partial charge in [-0.15, -0.1) is 5.10 Å². The van der Waals surface area contributed by atoms with Gasteiger partial charge < -0.3 is 19.2 Å². The highest BCUT2D eigenvalue weighted by molar-refractivity contribution is 6.03. The number of oxazole rings is 1. The molecular weight excluding hydrogens is 434 g/mol. The molecule has 0 fully saturated rings. The summed E-state index contributed by atoms with van der Waals surface area (Å²) in [5.74, 6) is 1.86. The maximum Gasteiger partial charge on any atom is 0.278 e. The van der Waals surface area contributed by atoms with E-state index in [0.717, 1.165) is 16.8 Å².